The van der Waals surface area contributed by atoms with E-state index >= 15 is 0 Å². The van der Waals surface area contributed by atoms with E-state index in [1.54, 1.807) is 0 Å². The van der Waals surface area contributed by atoms with Crippen LogP contribution in [-0.2, 0) is 30.5 Å². The summed E-state index contributed by atoms with van der Waals surface area (Å²) in [5.41, 5.74) is 8.85. The maximum atomic E-state index is 6.60. The summed E-state index contributed by atoms with van der Waals surface area (Å²) in [6, 6.07) is 14.2. The Morgan fingerprint density at radius 2 is 1.40 bits per heavy atom. The Bertz CT molecular complexity index is 1500. The molecule has 2 saturated heterocycles. The molecule has 0 spiro atoms. The Morgan fingerprint density at radius 1 is 0.756 bits per heavy atom. The Morgan fingerprint density at radius 3 is 2.04 bits per heavy atom. The SMILES string of the molecule is CCCCCCc1cc(C)cc(C2(C)C3=C(C=CC(B4OC(C)(C)C(C)(C)O4)C3)c3ccc(B4OC(C)(C)C(C)(C)O4)cc32)c1. The summed E-state index contributed by atoms with van der Waals surface area (Å²) in [4.78, 5) is 0. The number of hydrogen-bond acceptors (Lipinski definition) is 4. The van der Waals surface area contributed by atoms with Gasteiger partial charge in [-0.15, -0.1) is 0 Å². The third-order valence-corrected chi connectivity index (χ3v) is 11.9. The molecule has 2 unspecified atom stereocenters. The maximum absolute atomic E-state index is 6.60. The molecule has 2 aromatic rings. The van der Waals surface area contributed by atoms with Crippen LogP contribution in [0.5, 0.6) is 0 Å². The fourth-order valence-electron chi connectivity index (χ4n) is 7.59. The van der Waals surface area contributed by atoms with Crippen LogP contribution in [0.4, 0.5) is 0 Å². The molecule has 2 aliphatic carbocycles. The summed E-state index contributed by atoms with van der Waals surface area (Å²) in [5.74, 6) is 0.138. The van der Waals surface area contributed by atoms with Crippen LogP contribution in [0.25, 0.3) is 5.57 Å². The van der Waals surface area contributed by atoms with Gasteiger partial charge in [-0.05, 0) is 127 Å². The standard InChI is InChI=1S/C39H54B2O4/c1-12-13-14-15-16-27-21-26(2)22-28(23-27)39(11)33-24-29(40-42-35(3,4)36(5,6)43-40)17-19-31(33)32-20-18-30(25-34(32)39)41-44-37(7,8)38(9,10)45-41/h17-24,30H,12-16,25H2,1-11H3. The van der Waals surface area contributed by atoms with Crippen LogP contribution in [0.15, 0.2) is 54.1 Å². The molecule has 0 bridgehead atoms. The minimum absolute atomic E-state index is 0.138. The van der Waals surface area contributed by atoms with Crippen LogP contribution in [0, 0.1) is 6.92 Å². The van der Waals surface area contributed by atoms with Gasteiger partial charge < -0.3 is 18.6 Å². The van der Waals surface area contributed by atoms with Crippen molar-refractivity contribution in [1.29, 1.82) is 0 Å². The number of unbranched alkanes of at least 4 members (excludes halogenated alkanes) is 3. The first-order valence-electron chi connectivity index (χ1n) is 17.4. The van der Waals surface area contributed by atoms with Crippen molar-refractivity contribution in [1.82, 2.24) is 0 Å². The van der Waals surface area contributed by atoms with Gasteiger partial charge in [0.05, 0.1) is 22.4 Å². The van der Waals surface area contributed by atoms with E-state index in [0.717, 1.165) is 18.3 Å². The van der Waals surface area contributed by atoms with E-state index in [0.29, 0.717) is 0 Å². The highest BCUT2D eigenvalue weighted by Crippen LogP contribution is 2.56. The second-order valence-corrected chi connectivity index (χ2v) is 16.3. The average molecular weight is 608 g/mol. The summed E-state index contributed by atoms with van der Waals surface area (Å²) >= 11 is 0. The lowest BCUT2D eigenvalue weighted by Gasteiger charge is -2.34. The number of allylic oxidation sites excluding steroid dienone is 4. The summed E-state index contributed by atoms with van der Waals surface area (Å²) in [6.07, 6.45) is 11.8. The fourth-order valence-corrected chi connectivity index (χ4v) is 7.59. The van der Waals surface area contributed by atoms with Crippen LogP contribution >= 0.6 is 0 Å². The summed E-state index contributed by atoms with van der Waals surface area (Å²) < 4.78 is 26.3. The van der Waals surface area contributed by atoms with Gasteiger partial charge in [0, 0.05) is 11.2 Å². The molecular weight excluding hydrogens is 554 g/mol. The molecule has 0 amide bonds. The van der Waals surface area contributed by atoms with Crippen molar-refractivity contribution < 1.29 is 18.6 Å². The predicted octanol–water partition coefficient (Wildman–Crippen LogP) is 8.91. The molecule has 2 fully saturated rings. The first-order chi connectivity index (χ1) is 21.0. The molecule has 2 heterocycles. The van der Waals surface area contributed by atoms with Crippen LogP contribution in [0.1, 0.15) is 129 Å². The average Bonchev–Trinajstić information content (AvgIpc) is 3.45. The Balaban J connectivity index is 1.42. The first-order valence-corrected chi connectivity index (χ1v) is 17.4. The third-order valence-electron chi connectivity index (χ3n) is 11.9. The van der Waals surface area contributed by atoms with Gasteiger partial charge in [-0.2, -0.15) is 0 Å². The zero-order chi connectivity index (χ0) is 32.6. The lowest BCUT2D eigenvalue weighted by atomic mass is 9.61. The highest BCUT2D eigenvalue weighted by atomic mass is 16.7. The topological polar surface area (TPSA) is 36.9 Å². The van der Waals surface area contributed by atoms with E-state index in [2.05, 4.69) is 125 Å². The second kappa shape index (κ2) is 11.3. The van der Waals surface area contributed by atoms with Crippen molar-refractivity contribution in [3.63, 3.8) is 0 Å². The van der Waals surface area contributed by atoms with E-state index in [4.69, 9.17) is 18.6 Å². The smallest absolute Gasteiger partial charge is 0.403 e. The molecule has 6 heteroatoms. The van der Waals surface area contributed by atoms with Crippen molar-refractivity contribution in [2.24, 2.45) is 0 Å². The highest BCUT2D eigenvalue weighted by molar-refractivity contribution is 6.62. The van der Waals surface area contributed by atoms with Gasteiger partial charge in [-0.3, -0.25) is 0 Å². The second-order valence-electron chi connectivity index (χ2n) is 16.3. The molecule has 0 aromatic heterocycles. The van der Waals surface area contributed by atoms with Gasteiger partial charge in [0.2, 0.25) is 0 Å². The quantitative estimate of drug-likeness (QED) is 0.222. The minimum Gasteiger partial charge on any atom is -0.403 e. The van der Waals surface area contributed by atoms with Crippen LogP contribution < -0.4 is 5.46 Å². The van der Waals surface area contributed by atoms with E-state index in [-0.39, 0.29) is 40.8 Å². The number of benzene rings is 2. The Hall–Kier alpha value is -2.11. The fraction of sp³-hybridized carbons (Fsp3) is 0.590. The number of fused-ring (bicyclic) bond motifs is 2. The molecule has 4 aliphatic rings. The largest absolute Gasteiger partial charge is 0.494 e. The van der Waals surface area contributed by atoms with Crippen LogP contribution in [-0.4, -0.2) is 36.6 Å². The Kier molecular flexibility index (Phi) is 8.21. The molecule has 45 heavy (non-hydrogen) atoms. The molecule has 0 N–H and O–H groups in total. The van der Waals surface area contributed by atoms with Crippen molar-refractivity contribution in [3.05, 3.63) is 81.9 Å². The summed E-state index contributed by atoms with van der Waals surface area (Å²) in [6.45, 7) is 24.1. The van der Waals surface area contributed by atoms with Crippen molar-refractivity contribution in [2.45, 2.75) is 148 Å². The number of rotatable bonds is 8. The van der Waals surface area contributed by atoms with Gasteiger partial charge in [0.15, 0.2) is 0 Å². The monoisotopic (exact) mass is 608 g/mol. The molecule has 2 atom stereocenters. The molecular formula is C39H54B2O4. The summed E-state index contributed by atoms with van der Waals surface area (Å²) in [5, 5.41) is 0. The first kappa shape index (κ1) is 32.8. The lowest BCUT2D eigenvalue weighted by molar-refractivity contribution is 0.00578. The molecule has 2 aliphatic heterocycles. The molecule has 4 nitrogen and oxygen atoms in total. The van der Waals surface area contributed by atoms with Gasteiger partial charge in [-0.25, -0.2) is 0 Å². The van der Waals surface area contributed by atoms with Gasteiger partial charge >= 0.3 is 14.2 Å². The van der Waals surface area contributed by atoms with Crippen molar-refractivity contribution in [2.75, 3.05) is 0 Å². The molecule has 240 valence electrons. The summed E-state index contributed by atoms with van der Waals surface area (Å²) in [7, 11) is -0.679. The molecule has 6 rings (SSSR count). The van der Waals surface area contributed by atoms with Crippen LogP contribution in [0.3, 0.4) is 0 Å². The molecule has 0 saturated carbocycles. The number of hydrogen-bond donors (Lipinski definition) is 0. The van der Waals surface area contributed by atoms with E-state index in [1.165, 1.54) is 64.6 Å². The molecule has 2 aromatic carbocycles. The van der Waals surface area contributed by atoms with Gasteiger partial charge in [-0.1, -0.05) is 80.3 Å². The van der Waals surface area contributed by atoms with Crippen LogP contribution in [0.2, 0.25) is 5.82 Å². The van der Waals surface area contributed by atoms with Gasteiger partial charge in [0.1, 0.15) is 0 Å². The lowest BCUT2D eigenvalue weighted by Crippen LogP contribution is -2.41. The highest BCUT2D eigenvalue weighted by Gasteiger charge is 2.56. The van der Waals surface area contributed by atoms with Crippen molar-refractivity contribution >= 4 is 25.3 Å². The molecule has 0 radical (unpaired) electrons. The van der Waals surface area contributed by atoms with E-state index in [1.807, 2.05) is 0 Å². The minimum atomic E-state index is -0.401. The van der Waals surface area contributed by atoms with Gasteiger partial charge in [0.25, 0.3) is 0 Å². The maximum Gasteiger partial charge on any atom is 0.494 e. The van der Waals surface area contributed by atoms with E-state index in [9.17, 15) is 0 Å². The van der Waals surface area contributed by atoms with E-state index < -0.39 is 7.12 Å². The zero-order valence-electron chi connectivity index (χ0n) is 29.7. The third kappa shape index (κ3) is 5.52. The normalized spacial score (nSPS) is 27.3. The number of aryl methyl sites for hydroxylation is 2. The predicted molar refractivity (Wildman–Crippen MR) is 188 cm³/mol. The van der Waals surface area contributed by atoms with Crippen molar-refractivity contribution in [3.8, 4) is 0 Å². The Labute approximate surface area is 273 Å². The zero-order valence-corrected chi connectivity index (χ0v) is 29.7.